The molecule has 8 nitrogen and oxygen atoms in total. The molecule has 1 aromatic carbocycles. The predicted molar refractivity (Wildman–Crippen MR) is 74.3 cm³/mol. The molecule has 1 aliphatic rings. The van der Waals surface area contributed by atoms with Gasteiger partial charge >= 0.3 is 5.69 Å². The lowest BCUT2D eigenvalue weighted by atomic mass is 10.1. The van der Waals surface area contributed by atoms with Gasteiger partial charge in [-0.3, -0.25) is 14.9 Å². The van der Waals surface area contributed by atoms with E-state index in [0.717, 1.165) is 12.6 Å². The normalized spacial score (nSPS) is 19.2. The minimum atomic E-state index is -0.731. The second-order valence-electron chi connectivity index (χ2n) is 4.90. The quantitative estimate of drug-likeness (QED) is 0.614. The topological polar surface area (TPSA) is 105 Å². The van der Waals surface area contributed by atoms with E-state index in [0.29, 0.717) is 13.2 Å². The van der Waals surface area contributed by atoms with E-state index in [2.05, 4.69) is 10.2 Å². The average Bonchev–Trinajstić information content (AvgIpc) is 2.45. The zero-order chi connectivity index (χ0) is 15.4. The van der Waals surface area contributed by atoms with Crippen LogP contribution in [0.2, 0.25) is 0 Å². The maximum Gasteiger partial charge on any atom is 0.311 e. The molecule has 1 saturated heterocycles. The maximum atomic E-state index is 12.0. The Morgan fingerprint density at radius 3 is 3.05 bits per heavy atom. The lowest BCUT2D eigenvalue weighted by molar-refractivity contribution is -0.385. The van der Waals surface area contributed by atoms with E-state index in [-0.39, 0.29) is 18.2 Å². The molecule has 1 atom stereocenters. The van der Waals surface area contributed by atoms with Gasteiger partial charge < -0.3 is 20.1 Å². The first-order valence-corrected chi connectivity index (χ1v) is 6.53. The zero-order valence-electron chi connectivity index (χ0n) is 11.6. The fourth-order valence-corrected chi connectivity index (χ4v) is 2.15. The molecule has 0 saturated carbocycles. The summed E-state index contributed by atoms with van der Waals surface area (Å²) < 4.78 is 5.50. The van der Waals surface area contributed by atoms with E-state index in [1.807, 2.05) is 7.05 Å². The third-order valence-corrected chi connectivity index (χ3v) is 3.29. The van der Waals surface area contributed by atoms with Crippen LogP contribution in [-0.4, -0.2) is 60.2 Å². The van der Waals surface area contributed by atoms with Crippen LogP contribution < -0.4 is 5.32 Å². The average molecular weight is 295 g/mol. The van der Waals surface area contributed by atoms with Crippen molar-refractivity contribution in [2.75, 3.05) is 33.3 Å². The van der Waals surface area contributed by atoms with E-state index >= 15 is 0 Å². The van der Waals surface area contributed by atoms with Gasteiger partial charge in [0, 0.05) is 25.7 Å². The summed E-state index contributed by atoms with van der Waals surface area (Å²) in [6.07, 6.45) is -0.131. The van der Waals surface area contributed by atoms with Crippen molar-refractivity contribution in [1.82, 2.24) is 10.2 Å². The molecule has 1 amide bonds. The van der Waals surface area contributed by atoms with Gasteiger partial charge in [0.2, 0.25) is 5.75 Å². The fraction of sp³-hybridized carbons (Fsp3) is 0.462. The van der Waals surface area contributed by atoms with E-state index in [1.54, 1.807) is 0 Å². The molecule has 1 unspecified atom stereocenters. The molecule has 1 aliphatic heterocycles. The number of nitro benzene ring substituents is 1. The summed E-state index contributed by atoms with van der Waals surface area (Å²) in [4.78, 5) is 24.1. The van der Waals surface area contributed by atoms with E-state index < -0.39 is 22.3 Å². The molecule has 2 N–H and O–H groups in total. The van der Waals surface area contributed by atoms with Crippen LogP contribution in [0.4, 0.5) is 5.69 Å². The zero-order valence-corrected chi connectivity index (χ0v) is 11.6. The standard InChI is InChI=1S/C13H17N3O5/c1-15-5-6-21-9(8-15)7-14-13(18)10-3-2-4-11(12(10)17)16(19)20/h2-4,9,17H,5-8H2,1H3,(H,14,18). The molecule has 1 heterocycles. The molecule has 0 radical (unpaired) electrons. The Morgan fingerprint density at radius 2 is 2.38 bits per heavy atom. The number of hydrogen-bond acceptors (Lipinski definition) is 6. The highest BCUT2D eigenvalue weighted by atomic mass is 16.6. The molecule has 114 valence electrons. The summed E-state index contributed by atoms with van der Waals surface area (Å²) in [5.74, 6) is -1.19. The van der Waals surface area contributed by atoms with Gasteiger partial charge in [-0.2, -0.15) is 0 Å². The van der Waals surface area contributed by atoms with Crippen molar-refractivity contribution in [2.45, 2.75) is 6.10 Å². The maximum absolute atomic E-state index is 12.0. The van der Waals surface area contributed by atoms with Crippen LogP contribution in [0, 0.1) is 10.1 Å². The Hall–Kier alpha value is -2.19. The third kappa shape index (κ3) is 3.67. The number of ether oxygens (including phenoxy) is 1. The monoisotopic (exact) mass is 295 g/mol. The number of nitrogens with zero attached hydrogens (tertiary/aromatic N) is 2. The second kappa shape index (κ2) is 6.51. The lowest BCUT2D eigenvalue weighted by Gasteiger charge is -2.30. The minimum absolute atomic E-state index is 0.117. The fourth-order valence-electron chi connectivity index (χ4n) is 2.15. The van der Waals surface area contributed by atoms with Crippen molar-refractivity contribution in [3.8, 4) is 5.75 Å². The SMILES string of the molecule is CN1CCOC(CNC(=O)c2cccc([N+](=O)[O-])c2O)C1. The number of nitro groups is 1. The van der Waals surface area contributed by atoms with Crippen LogP contribution in [-0.2, 0) is 4.74 Å². The Bertz CT molecular complexity index is 549. The summed E-state index contributed by atoms with van der Waals surface area (Å²) in [7, 11) is 1.96. The highest BCUT2D eigenvalue weighted by Crippen LogP contribution is 2.29. The highest BCUT2D eigenvalue weighted by molar-refractivity contribution is 5.98. The van der Waals surface area contributed by atoms with E-state index in [4.69, 9.17) is 4.74 Å². The van der Waals surface area contributed by atoms with Crippen LogP contribution in [0.25, 0.3) is 0 Å². The van der Waals surface area contributed by atoms with E-state index in [9.17, 15) is 20.0 Å². The molecule has 0 bridgehead atoms. The number of hydrogen-bond donors (Lipinski definition) is 2. The Balaban J connectivity index is 2.00. The van der Waals surface area contributed by atoms with Gasteiger partial charge in [-0.15, -0.1) is 0 Å². The minimum Gasteiger partial charge on any atom is -0.502 e. The van der Waals surface area contributed by atoms with Gasteiger partial charge in [-0.25, -0.2) is 0 Å². The molecule has 1 aromatic rings. The Morgan fingerprint density at radius 1 is 1.62 bits per heavy atom. The van der Waals surface area contributed by atoms with Gasteiger partial charge in [-0.1, -0.05) is 6.07 Å². The molecule has 0 aromatic heterocycles. The number of phenols is 1. The molecular weight excluding hydrogens is 278 g/mol. The lowest BCUT2D eigenvalue weighted by Crippen LogP contribution is -2.45. The van der Waals surface area contributed by atoms with E-state index in [1.165, 1.54) is 12.1 Å². The van der Waals surface area contributed by atoms with Gasteiger partial charge in [0.25, 0.3) is 5.91 Å². The number of likely N-dealkylation sites (N-methyl/N-ethyl adjacent to an activating group) is 1. The van der Waals surface area contributed by atoms with Crippen molar-refractivity contribution in [2.24, 2.45) is 0 Å². The van der Waals surface area contributed by atoms with Crippen molar-refractivity contribution in [3.05, 3.63) is 33.9 Å². The molecular formula is C13H17N3O5. The predicted octanol–water partition coefficient (Wildman–Crippen LogP) is 0.361. The van der Waals surface area contributed by atoms with Crippen molar-refractivity contribution in [1.29, 1.82) is 0 Å². The number of phenolic OH excluding ortho intramolecular Hbond substituents is 1. The molecule has 2 rings (SSSR count). The number of benzene rings is 1. The molecule has 21 heavy (non-hydrogen) atoms. The largest absolute Gasteiger partial charge is 0.502 e. The summed E-state index contributed by atoms with van der Waals surface area (Å²) >= 11 is 0. The third-order valence-electron chi connectivity index (χ3n) is 3.29. The Labute approximate surface area is 121 Å². The number of carbonyl (C=O) groups is 1. The van der Waals surface area contributed by atoms with Crippen LogP contribution in [0.3, 0.4) is 0 Å². The molecule has 1 fully saturated rings. The number of morpholine rings is 1. The number of para-hydroxylation sites is 1. The smallest absolute Gasteiger partial charge is 0.311 e. The highest BCUT2D eigenvalue weighted by Gasteiger charge is 2.23. The molecule has 0 aliphatic carbocycles. The molecule has 8 heteroatoms. The van der Waals surface area contributed by atoms with Crippen molar-refractivity contribution >= 4 is 11.6 Å². The van der Waals surface area contributed by atoms with Crippen molar-refractivity contribution < 1.29 is 19.6 Å². The number of aromatic hydroxyl groups is 1. The van der Waals surface area contributed by atoms with Crippen LogP contribution in [0.1, 0.15) is 10.4 Å². The van der Waals surface area contributed by atoms with Gasteiger partial charge in [0.15, 0.2) is 0 Å². The van der Waals surface area contributed by atoms with Crippen molar-refractivity contribution in [3.63, 3.8) is 0 Å². The van der Waals surface area contributed by atoms with Gasteiger partial charge in [-0.05, 0) is 13.1 Å². The number of amides is 1. The first-order valence-electron chi connectivity index (χ1n) is 6.53. The summed E-state index contributed by atoms with van der Waals surface area (Å²) in [6.45, 7) is 2.42. The van der Waals surface area contributed by atoms with Crippen LogP contribution in [0.15, 0.2) is 18.2 Å². The summed E-state index contributed by atoms with van der Waals surface area (Å²) in [5, 5.41) is 23.1. The number of rotatable bonds is 4. The van der Waals surface area contributed by atoms with Gasteiger partial charge in [0.05, 0.1) is 23.2 Å². The summed E-state index contributed by atoms with van der Waals surface area (Å²) in [5.41, 5.74) is -0.607. The summed E-state index contributed by atoms with van der Waals surface area (Å²) in [6, 6.07) is 3.84. The molecule has 0 spiro atoms. The first kappa shape index (κ1) is 15.2. The number of carbonyl (C=O) groups excluding carboxylic acids is 1. The van der Waals surface area contributed by atoms with Gasteiger partial charge in [0.1, 0.15) is 0 Å². The van der Waals surface area contributed by atoms with Crippen LogP contribution >= 0.6 is 0 Å². The number of nitrogens with one attached hydrogen (secondary N) is 1. The first-order chi connectivity index (χ1) is 9.99. The second-order valence-corrected chi connectivity index (χ2v) is 4.90. The van der Waals surface area contributed by atoms with Crippen LogP contribution in [0.5, 0.6) is 5.75 Å². The Kier molecular flexibility index (Phi) is 4.71.